The number of hydrogen-bond acceptors (Lipinski definition) is 3. The summed E-state index contributed by atoms with van der Waals surface area (Å²) in [5.41, 5.74) is -0.0940. The second-order valence-electron chi connectivity index (χ2n) is 4.51. The molecule has 0 aromatic heterocycles. The molecule has 1 unspecified atom stereocenters. The molecule has 0 aromatic carbocycles. The Kier molecular flexibility index (Phi) is 3.91. The summed E-state index contributed by atoms with van der Waals surface area (Å²) in [6, 6.07) is 2.89. The Morgan fingerprint density at radius 3 is 2.50 bits per heavy atom. The standard InChI is InChI=1S/C11H20N2O/c1-10(8-14-3)13-6-4-11(2,9-12)5-7-13/h10H,4-8H2,1-3H3. The minimum absolute atomic E-state index is 0.0940. The summed E-state index contributed by atoms with van der Waals surface area (Å²) >= 11 is 0. The third-order valence-electron chi connectivity index (χ3n) is 3.20. The van der Waals surface area contributed by atoms with Crippen LogP contribution in [0.1, 0.15) is 26.7 Å². The van der Waals surface area contributed by atoms with Crippen LogP contribution in [0.5, 0.6) is 0 Å². The first kappa shape index (κ1) is 11.5. The quantitative estimate of drug-likeness (QED) is 0.688. The van der Waals surface area contributed by atoms with Crippen LogP contribution < -0.4 is 0 Å². The SMILES string of the molecule is COCC(C)N1CCC(C)(C#N)CC1. The van der Waals surface area contributed by atoms with Crippen molar-refractivity contribution in [3.63, 3.8) is 0 Å². The fourth-order valence-corrected chi connectivity index (χ4v) is 1.92. The molecule has 14 heavy (non-hydrogen) atoms. The van der Waals surface area contributed by atoms with Crippen molar-refractivity contribution in [2.45, 2.75) is 32.7 Å². The molecule has 80 valence electrons. The third kappa shape index (κ3) is 2.70. The molecule has 1 fully saturated rings. The second kappa shape index (κ2) is 4.77. The van der Waals surface area contributed by atoms with Gasteiger partial charge in [0.25, 0.3) is 0 Å². The Morgan fingerprint density at radius 2 is 2.07 bits per heavy atom. The van der Waals surface area contributed by atoms with Crippen LogP contribution in [-0.2, 0) is 4.74 Å². The van der Waals surface area contributed by atoms with Crippen molar-refractivity contribution in [3.8, 4) is 6.07 Å². The van der Waals surface area contributed by atoms with Crippen molar-refractivity contribution >= 4 is 0 Å². The number of piperidine rings is 1. The lowest BCUT2D eigenvalue weighted by Crippen LogP contribution is -2.44. The van der Waals surface area contributed by atoms with Gasteiger partial charge in [0.1, 0.15) is 0 Å². The fraction of sp³-hybridized carbons (Fsp3) is 0.909. The minimum Gasteiger partial charge on any atom is -0.383 e. The molecule has 3 nitrogen and oxygen atoms in total. The van der Waals surface area contributed by atoms with Gasteiger partial charge in [0.15, 0.2) is 0 Å². The summed E-state index contributed by atoms with van der Waals surface area (Å²) in [5, 5.41) is 8.99. The molecule has 1 aliphatic rings. The van der Waals surface area contributed by atoms with Gasteiger partial charge in [-0.15, -0.1) is 0 Å². The number of nitriles is 1. The van der Waals surface area contributed by atoms with Gasteiger partial charge in [0.2, 0.25) is 0 Å². The van der Waals surface area contributed by atoms with E-state index in [0.717, 1.165) is 32.5 Å². The highest BCUT2D eigenvalue weighted by molar-refractivity contribution is 4.99. The highest BCUT2D eigenvalue weighted by Gasteiger charge is 2.31. The first-order valence-corrected chi connectivity index (χ1v) is 5.25. The van der Waals surface area contributed by atoms with Crippen molar-refractivity contribution in [1.29, 1.82) is 5.26 Å². The normalized spacial score (nSPS) is 24.1. The highest BCUT2D eigenvalue weighted by Crippen LogP contribution is 2.30. The van der Waals surface area contributed by atoms with E-state index in [-0.39, 0.29) is 5.41 Å². The summed E-state index contributed by atoms with van der Waals surface area (Å²) in [6.45, 7) is 7.07. The number of ether oxygens (including phenoxy) is 1. The molecule has 0 saturated carbocycles. The summed E-state index contributed by atoms with van der Waals surface area (Å²) < 4.78 is 5.13. The number of nitrogens with zero attached hydrogens (tertiary/aromatic N) is 2. The Balaban J connectivity index is 2.40. The average Bonchev–Trinajstić information content (AvgIpc) is 2.19. The van der Waals surface area contributed by atoms with Gasteiger partial charge in [-0.3, -0.25) is 4.90 Å². The molecule has 0 N–H and O–H groups in total. The van der Waals surface area contributed by atoms with E-state index in [1.54, 1.807) is 7.11 Å². The lowest BCUT2D eigenvalue weighted by atomic mass is 9.82. The molecule has 0 bridgehead atoms. The molecule has 0 aromatic rings. The summed E-state index contributed by atoms with van der Waals surface area (Å²) in [6.07, 6.45) is 1.97. The zero-order valence-electron chi connectivity index (χ0n) is 9.42. The van der Waals surface area contributed by atoms with Crippen LogP contribution in [0.2, 0.25) is 0 Å². The molecule has 0 aliphatic carbocycles. The highest BCUT2D eigenvalue weighted by atomic mass is 16.5. The van der Waals surface area contributed by atoms with Crippen molar-refractivity contribution in [2.24, 2.45) is 5.41 Å². The van der Waals surface area contributed by atoms with Crippen LogP contribution in [0.15, 0.2) is 0 Å². The van der Waals surface area contributed by atoms with E-state index in [1.807, 2.05) is 0 Å². The van der Waals surface area contributed by atoms with Crippen LogP contribution in [0.3, 0.4) is 0 Å². The molecular weight excluding hydrogens is 176 g/mol. The topological polar surface area (TPSA) is 36.3 Å². The lowest BCUT2D eigenvalue weighted by Gasteiger charge is -2.38. The summed E-state index contributed by atoms with van der Waals surface area (Å²) in [7, 11) is 1.74. The summed E-state index contributed by atoms with van der Waals surface area (Å²) in [4.78, 5) is 2.41. The lowest BCUT2D eigenvalue weighted by molar-refractivity contribution is 0.0639. The van der Waals surface area contributed by atoms with E-state index in [2.05, 4.69) is 24.8 Å². The predicted octanol–water partition coefficient (Wildman–Crippen LogP) is 1.65. The van der Waals surface area contributed by atoms with E-state index >= 15 is 0 Å². The maximum Gasteiger partial charge on any atom is 0.0687 e. The molecule has 0 spiro atoms. The van der Waals surface area contributed by atoms with Gasteiger partial charge in [-0.25, -0.2) is 0 Å². The molecule has 1 rings (SSSR count). The smallest absolute Gasteiger partial charge is 0.0687 e. The number of hydrogen-bond donors (Lipinski definition) is 0. The van der Waals surface area contributed by atoms with Crippen molar-refractivity contribution in [2.75, 3.05) is 26.8 Å². The minimum atomic E-state index is -0.0940. The second-order valence-corrected chi connectivity index (χ2v) is 4.51. The van der Waals surface area contributed by atoms with Gasteiger partial charge in [-0.1, -0.05) is 0 Å². The molecule has 0 radical (unpaired) electrons. The maximum absolute atomic E-state index is 8.99. The van der Waals surface area contributed by atoms with Crippen LogP contribution in [0.25, 0.3) is 0 Å². The van der Waals surface area contributed by atoms with E-state index in [1.165, 1.54) is 0 Å². The summed E-state index contributed by atoms with van der Waals surface area (Å²) in [5.74, 6) is 0. The first-order chi connectivity index (χ1) is 6.61. The molecular formula is C11H20N2O. The Labute approximate surface area is 86.6 Å². The molecule has 3 heteroatoms. The number of methoxy groups -OCH3 is 1. The van der Waals surface area contributed by atoms with E-state index < -0.39 is 0 Å². The van der Waals surface area contributed by atoms with Crippen molar-refractivity contribution in [1.82, 2.24) is 4.90 Å². The molecule has 1 heterocycles. The largest absolute Gasteiger partial charge is 0.383 e. The van der Waals surface area contributed by atoms with E-state index in [0.29, 0.717) is 6.04 Å². The molecule has 1 atom stereocenters. The first-order valence-electron chi connectivity index (χ1n) is 5.25. The van der Waals surface area contributed by atoms with Crippen LogP contribution in [0.4, 0.5) is 0 Å². The van der Waals surface area contributed by atoms with Gasteiger partial charge in [-0.05, 0) is 26.7 Å². The number of rotatable bonds is 3. The van der Waals surface area contributed by atoms with Gasteiger partial charge in [0, 0.05) is 26.2 Å². The van der Waals surface area contributed by atoms with Crippen LogP contribution >= 0.6 is 0 Å². The fourth-order valence-electron chi connectivity index (χ4n) is 1.92. The van der Waals surface area contributed by atoms with E-state index in [4.69, 9.17) is 10.00 Å². The molecule has 1 saturated heterocycles. The zero-order valence-corrected chi connectivity index (χ0v) is 9.42. The van der Waals surface area contributed by atoms with Gasteiger partial charge < -0.3 is 4.74 Å². The van der Waals surface area contributed by atoms with Crippen LogP contribution in [0, 0.1) is 16.7 Å². The monoisotopic (exact) mass is 196 g/mol. The molecule has 0 amide bonds. The predicted molar refractivity (Wildman–Crippen MR) is 55.9 cm³/mol. The zero-order chi connectivity index (χ0) is 10.6. The molecule has 1 aliphatic heterocycles. The van der Waals surface area contributed by atoms with Gasteiger partial charge in [-0.2, -0.15) is 5.26 Å². The Hall–Kier alpha value is -0.590. The maximum atomic E-state index is 8.99. The Morgan fingerprint density at radius 1 is 1.50 bits per heavy atom. The van der Waals surface area contributed by atoms with Crippen LogP contribution in [-0.4, -0.2) is 37.7 Å². The van der Waals surface area contributed by atoms with Gasteiger partial charge >= 0.3 is 0 Å². The average molecular weight is 196 g/mol. The van der Waals surface area contributed by atoms with Gasteiger partial charge in [0.05, 0.1) is 18.1 Å². The van der Waals surface area contributed by atoms with Crippen molar-refractivity contribution in [3.05, 3.63) is 0 Å². The van der Waals surface area contributed by atoms with Crippen molar-refractivity contribution < 1.29 is 4.74 Å². The van der Waals surface area contributed by atoms with E-state index in [9.17, 15) is 0 Å². The third-order valence-corrected chi connectivity index (χ3v) is 3.20. The Bertz CT molecular complexity index is 214. The number of likely N-dealkylation sites (tertiary alicyclic amines) is 1.